The number of piperazine rings is 1. The largest absolute Gasteiger partial charge is 0.416 e. The van der Waals surface area contributed by atoms with E-state index in [9.17, 15) is 26.4 Å². The van der Waals surface area contributed by atoms with Crippen LogP contribution in [-0.4, -0.2) is 87.0 Å². The number of carbonyl (C=O) groups is 1. The highest BCUT2D eigenvalue weighted by atomic mass is 32.2. The number of halogens is 3. The van der Waals surface area contributed by atoms with E-state index in [0.717, 1.165) is 37.4 Å². The molecule has 3 rings (SSSR count). The standard InChI is InChI=1S/C24H36F3N3O4S/c1-18(2)28-12-14-29(15-13-28)23(31)19-4-8-21(9-5-19)30(16-17-34-3)35(32,33)22-10-6-20(7-11-22)24(25,26)27/h6-7,10-11,18-19,21H,4-5,8-9,12-17H2,1-3H3/t19-,21-. The molecule has 1 saturated heterocycles. The zero-order valence-electron chi connectivity index (χ0n) is 20.6. The lowest BCUT2D eigenvalue weighted by Crippen LogP contribution is -2.52. The van der Waals surface area contributed by atoms with E-state index < -0.39 is 21.8 Å². The topological polar surface area (TPSA) is 70.2 Å². The Balaban J connectivity index is 1.66. The lowest BCUT2D eigenvalue weighted by molar-refractivity contribution is -0.139. The molecule has 1 saturated carbocycles. The van der Waals surface area contributed by atoms with Crippen LogP contribution in [0.3, 0.4) is 0 Å². The number of rotatable bonds is 8. The molecule has 1 amide bonds. The minimum Gasteiger partial charge on any atom is -0.383 e. The highest BCUT2D eigenvalue weighted by molar-refractivity contribution is 7.89. The minimum atomic E-state index is -4.54. The molecule has 0 aromatic heterocycles. The Morgan fingerprint density at radius 2 is 1.63 bits per heavy atom. The van der Waals surface area contributed by atoms with Crippen molar-refractivity contribution in [3.8, 4) is 0 Å². The number of benzene rings is 1. The lowest BCUT2D eigenvalue weighted by atomic mass is 9.85. The second-order valence-electron chi connectivity index (χ2n) is 9.59. The van der Waals surface area contributed by atoms with Crippen LogP contribution in [0, 0.1) is 5.92 Å². The van der Waals surface area contributed by atoms with Gasteiger partial charge in [-0.1, -0.05) is 0 Å². The number of methoxy groups -OCH3 is 1. The molecule has 2 fully saturated rings. The molecule has 0 unspecified atom stereocenters. The van der Waals surface area contributed by atoms with Crippen molar-refractivity contribution in [3.05, 3.63) is 29.8 Å². The summed E-state index contributed by atoms with van der Waals surface area (Å²) in [6, 6.07) is 3.70. The van der Waals surface area contributed by atoms with E-state index in [1.54, 1.807) is 0 Å². The average Bonchev–Trinajstić information content (AvgIpc) is 2.83. The second kappa shape index (κ2) is 11.6. The monoisotopic (exact) mass is 519 g/mol. The molecule has 1 aliphatic heterocycles. The van der Waals surface area contributed by atoms with Crippen LogP contribution in [0.4, 0.5) is 13.2 Å². The van der Waals surface area contributed by atoms with Gasteiger partial charge in [-0.05, 0) is 63.8 Å². The number of ether oxygens (including phenoxy) is 1. The molecule has 0 bridgehead atoms. The molecule has 0 radical (unpaired) electrons. The maximum Gasteiger partial charge on any atom is 0.416 e. The van der Waals surface area contributed by atoms with E-state index in [1.807, 2.05) is 4.90 Å². The fourth-order valence-corrected chi connectivity index (χ4v) is 6.63. The number of amides is 1. The van der Waals surface area contributed by atoms with E-state index in [-0.39, 0.29) is 35.9 Å². The van der Waals surface area contributed by atoms with Crippen LogP contribution < -0.4 is 0 Å². The van der Waals surface area contributed by atoms with Gasteiger partial charge in [0.05, 0.1) is 17.1 Å². The summed E-state index contributed by atoms with van der Waals surface area (Å²) >= 11 is 0. The molecule has 1 aliphatic carbocycles. The van der Waals surface area contributed by atoms with Gasteiger partial charge in [0.15, 0.2) is 0 Å². The zero-order valence-corrected chi connectivity index (χ0v) is 21.4. The Hall–Kier alpha value is -1.69. The summed E-state index contributed by atoms with van der Waals surface area (Å²) in [5.74, 6) is 0.00999. The van der Waals surface area contributed by atoms with Gasteiger partial charge in [-0.25, -0.2) is 8.42 Å². The molecular weight excluding hydrogens is 483 g/mol. The van der Waals surface area contributed by atoms with Gasteiger partial charge in [0.2, 0.25) is 15.9 Å². The van der Waals surface area contributed by atoms with Gasteiger partial charge in [0.1, 0.15) is 0 Å². The molecule has 1 aromatic rings. The van der Waals surface area contributed by atoms with Gasteiger partial charge in [0, 0.05) is 57.8 Å². The third-order valence-electron chi connectivity index (χ3n) is 7.11. The first-order valence-corrected chi connectivity index (χ1v) is 13.6. The van der Waals surface area contributed by atoms with Crippen molar-refractivity contribution < 1.29 is 31.1 Å². The Morgan fingerprint density at radius 3 is 2.11 bits per heavy atom. The fourth-order valence-electron chi connectivity index (χ4n) is 4.96. The molecule has 1 heterocycles. The maximum absolute atomic E-state index is 13.4. The van der Waals surface area contributed by atoms with Crippen LogP contribution in [0.25, 0.3) is 0 Å². The van der Waals surface area contributed by atoms with E-state index in [4.69, 9.17) is 4.74 Å². The quantitative estimate of drug-likeness (QED) is 0.526. The molecule has 35 heavy (non-hydrogen) atoms. The minimum absolute atomic E-state index is 0.0975. The summed E-state index contributed by atoms with van der Waals surface area (Å²) in [6.45, 7) is 7.68. The molecule has 198 valence electrons. The Morgan fingerprint density at radius 1 is 1.06 bits per heavy atom. The Labute approximate surface area is 206 Å². The van der Waals surface area contributed by atoms with Gasteiger partial charge in [-0.15, -0.1) is 0 Å². The van der Waals surface area contributed by atoms with Crippen LogP contribution in [0.1, 0.15) is 45.1 Å². The van der Waals surface area contributed by atoms with Gasteiger partial charge in [0.25, 0.3) is 0 Å². The fraction of sp³-hybridized carbons (Fsp3) is 0.708. The number of sulfonamides is 1. The zero-order chi connectivity index (χ0) is 25.8. The smallest absolute Gasteiger partial charge is 0.383 e. The molecule has 11 heteroatoms. The predicted molar refractivity (Wildman–Crippen MR) is 126 cm³/mol. The summed E-state index contributed by atoms with van der Waals surface area (Å²) in [5, 5.41) is 0. The number of nitrogens with zero attached hydrogens (tertiary/aromatic N) is 3. The Kier molecular flexibility index (Phi) is 9.22. The van der Waals surface area contributed by atoms with Crippen molar-refractivity contribution in [2.45, 2.75) is 62.7 Å². The average molecular weight is 520 g/mol. The third kappa shape index (κ3) is 6.75. The molecule has 0 atom stereocenters. The van der Waals surface area contributed by atoms with Crippen molar-refractivity contribution in [1.82, 2.24) is 14.1 Å². The first-order chi connectivity index (χ1) is 16.4. The predicted octanol–water partition coefficient (Wildman–Crippen LogP) is 3.45. The second-order valence-corrected chi connectivity index (χ2v) is 11.5. The van der Waals surface area contributed by atoms with Crippen molar-refractivity contribution in [2.75, 3.05) is 46.4 Å². The number of hydrogen-bond donors (Lipinski definition) is 0. The molecule has 0 N–H and O–H groups in total. The van der Waals surface area contributed by atoms with Gasteiger partial charge in [-0.2, -0.15) is 17.5 Å². The highest BCUT2D eigenvalue weighted by Crippen LogP contribution is 2.34. The normalized spacial score (nSPS) is 22.7. The van der Waals surface area contributed by atoms with Gasteiger partial charge >= 0.3 is 6.18 Å². The highest BCUT2D eigenvalue weighted by Gasteiger charge is 2.38. The maximum atomic E-state index is 13.4. The van der Waals surface area contributed by atoms with Gasteiger partial charge < -0.3 is 9.64 Å². The van der Waals surface area contributed by atoms with Crippen molar-refractivity contribution in [1.29, 1.82) is 0 Å². The van der Waals surface area contributed by atoms with E-state index in [1.165, 1.54) is 11.4 Å². The molecule has 0 spiro atoms. The van der Waals surface area contributed by atoms with Crippen molar-refractivity contribution in [3.63, 3.8) is 0 Å². The van der Waals surface area contributed by atoms with Crippen LogP contribution in [-0.2, 0) is 25.7 Å². The lowest BCUT2D eigenvalue weighted by Gasteiger charge is -2.40. The first kappa shape index (κ1) is 27.9. The molecule has 7 nitrogen and oxygen atoms in total. The molecule has 1 aromatic carbocycles. The van der Waals surface area contributed by atoms with Crippen molar-refractivity contribution in [2.24, 2.45) is 5.92 Å². The SMILES string of the molecule is COCCN([C@H]1CC[C@H](C(=O)N2CCN(C(C)C)CC2)CC1)S(=O)(=O)c1ccc(C(F)(F)F)cc1. The number of alkyl halides is 3. The summed E-state index contributed by atoms with van der Waals surface area (Å²) < 4.78 is 71.9. The van der Waals surface area contributed by atoms with Crippen LogP contribution in [0.5, 0.6) is 0 Å². The number of carbonyl (C=O) groups excluding carboxylic acids is 1. The first-order valence-electron chi connectivity index (χ1n) is 12.2. The summed E-state index contributed by atoms with van der Waals surface area (Å²) in [7, 11) is -2.55. The van der Waals surface area contributed by atoms with E-state index in [0.29, 0.717) is 44.8 Å². The van der Waals surface area contributed by atoms with Crippen molar-refractivity contribution >= 4 is 15.9 Å². The summed E-state index contributed by atoms with van der Waals surface area (Å²) in [6.07, 6.45) is -2.33. The van der Waals surface area contributed by atoms with Crippen LogP contribution >= 0.6 is 0 Å². The van der Waals surface area contributed by atoms with Crippen LogP contribution in [0.2, 0.25) is 0 Å². The third-order valence-corrected chi connectivity index (χ3v) is 9.08. The summed E-state index contributed by atoms with van der Waals surface area (Å²) in [5.41, 5.74) is -0.895. The molecule has 2 aliphatic rings. The van der Waals surface area contributed by atoms with Crippen LogP contribution in [0.15, 0.2) is 29.2 Å². The van der Waals surface area contributed by atoms with Gasteiger partial charge in [-0.3, -0.25) is 9.69 Å². The molecular formula is C24H36F3N3O4S. The number of hydrogen-bond acceptors (Lipinski definition) is 5. The van der Waals surface area contributed by atoms with E-state index in [2.05, 4.69) is 18.7 Å². The summed E-state index contributed by atoms with van der Waals surface area (Å²) in [4.78, 5) is 17.2. The van der Waals surface area contributed by atoms with E-state index >= 15 is 0 Å². The Bertz CT molecular complexity index is 938.